The van der Waals surface area contributed by atoms with Gasteiger partial charge in [-0.1, -0.05) is 17.7 Å². The molecular weight excluding hydrogens is 245 g/mol. The van der Waals surface area contributed by atoms with Gasteiger partial charge in [0.1, 0.15) is 5.02 Å². The molecule has 0 heterocycles. The number of halogens is 2. The highest BCUT2D eigenvalue weighted by molar-refractivity contribution is 6.33. The fourth-order valence-corrected chi connectivity index (χ4v) is 1.37. The van der Waals surface area contributed by atoms with Crippen molar-refractivity contribution in [2.24, 2.45) is 0 Å². The third-order valence-electron chi connectivity index (χ3n) is 1.68. The van der Waals surface area contributed by atoms with E-state index >= 15 is 0 Å². The van der Waals surface area contributed by atoms with Gasteiger partial charge in [-0.25, -0.2) is 0 Å². The average Bonchev–Trinajstić information content (AvgIpc) is 2.15. The standard InChI is InChI=1S/C8H5Cl2NO4/c9-5-3-4(7(10)8(12)13)1-2-6(5)11(14)15/h1-3,7H,(H,12,13). The van der Waals surface area contributed by atoms with E-state index in [1.807, 2.05) is 0 Å². The summed E-state index contributed by atoms with van der Waals surface area (Å²) in [5.41, 5.74) is -0.0746. The first kappa shape index (κ1) is 11.7. The first-order valence-corrected chi connectivity index (χ1v) is 4.55. The maximum Gasteiger partial charge on any atom is 0.326 e. The molecule has 0 aliphatic heterocycles. The second kappa shape index (κ2) is 4.46. The zero-order valence-electron chi connectivity index (χ0n) is 7.18. The minimum atomic E-state index is -1.26. The van der Waals surface area contributed by atoms with Gasteiger partial charge in [0, 0.05) is 6.07 Å². The van der Waals surface area contributed by atoms with E-state index in [2.05, 4.69) is 0 Å². The van der Waals surface area contributed by atoms with Crippen molar-refractivity contribution in [3.8, 4) is 0 Å². The van der Waals surface area contributed by atoms with Crippen LogP contribution in [0.15, 0.2) is 18.2 Å². The number of rotatable bonds is 3. The van der Waals surface area contributed by atoms with Crippen LogP contribution in [0.25, 0.3) is 0 Å². The number of nitrogens with zero attached hydrogens (tertiary/aromatic N) is 1. The summed E-state index contributed by atoms with van der Waals surface area (Å²) in [7, 11) is 0. The van der Waals surface area contributed by atoms with Crippen molar-refractivity contribution in [3.05, 3.63) is 38.9 Å². The van der Waals surface area contributed by atoms with Gasteiger partial charge in [0.05, 0.1) is 4.92 Å². The van der Waals surface area contributed by atoms with Crippen LogP contribution in [0.3, 0.4) is 0 Å². The number of carbonyl (C=O) groups is 1. The van der Waals surface area contributed by atoms with Gasteiger partial charge in [0.25, 0.3) is 5.69 Å². The van der Waals surface area contributed by atoms with Gasteiger partial charge in [0.15, 0.2) is 5.38 Å². The lowest BCUT2D eigenvalue weighted by Crippen LogP contribution is -2.05. The number of benzene rings is 1. The van der Waals surface area contributed by atoms with Crippen LogP contribution >= 0.6 is 23.2 Å². The lowest BCUT2D eigenvalue weighted by Gasteiger charge is -2.04. The Morgan fingerprint density at radius 3 is 2.53 bits per heavy atom. The minimum absolute atomic E-state index is 0.135. The van der Waals surface area contributed by atoms with Crippen molar-refractivity contribution in [1.29, 1.82) is 0 Å². The number of alkyl halides is 1. The van der Waals surface area contributed by atoms with E-state index in [0.717, 1.165) is 6.07 Å². The highest BCUT2D eigenvalue weighted by Crippen LogP contribution is 2.29. The molecule has 7 heteroatoms. The lowest BCUT2D eigenvalue weighted by atomic mass is 10.1. The Balaban J connectivity index is 3.12. The van der Waals surface area contributed by atoms with Crippen LogP contribution in [0.2, 0.25) is 5.02 Å². The van der Waals surface area contributed by atoms with E-state index in [9.17, 15) is 14.9 Å². The summed E-state index contributed by atoms with van der Waals surface area (Å²) in [5, 5.41) is 17.6. The highest BCUT2D eigenvalue weighted by atomic mass is 35.5. The Labute approximate surface area is 94.4 Å². The summed E-state index contributed by atoms with van der Waals surface area (Å²) in [4.78, 5) is 20.3. The monoisotopic (exact) mass is 249 g/mol. The molecule has 0 fully saturated rings. The molecule has 5 nitrogen and oxygen atoms in total. The number of hydrogen-bond acceptors (Lipinski definition) is 3. The number of aliphatic carboxylic acids is 1. The molecule has 0 amide bonds. The number of nitro groups is 1. The average molecular weight is 250 g/mol. The molecule has 0 saturated heterocycles. The third kappa shape index (κ3) is 2.57. The van der Waals surface area contributed by atoms with Gasteiger partial charge in [0.2, 0.25) is 0 Å². The second-order valence-electron chi connectivity index (χ2n) is 2.67. The van der Waals surface area contributed by atoms with Crippen molar-refractivity contribution in [2.45, 2.75) is 5.38 Å². The molecule has 0 aliphatic carbocycles. The first-order valence-electron chi connectivity index (χ1n) is 3.74. The van der Waals surface area contributed by atoms with E-state index in [0.29, 0.717) is 0 Å². The normalized spacial score (nSPS) is 12.1. The van der Waals surface area contributed by atoms with Crippen LogP contribution in [0.5, 0.6) is 0 Å². The molecule has 1 N–H and O–H groups in total. The number of carboxylic acids is 1. The van der Waals surface area contributed by atoms with E-state index in [1.54, 1.807) is 0 Å². The number of carboxylic acid groups (broad SMARTS) is 1. The summed E-state index contributed by atoms with van der Waals surface area (Å²) >= 11 is 11.1. The molecule has 0 bridgehead atoms. The van der Waals surface area contributed by atoms with Crippen LogP contribution in [0.4, 0.5) is 5.69 Å². The molecule has 1 aromatic carbocycles. The van der Waals surface area contributed by atoms with Crippen LogP contribution < -0.4 is 0 Å². The Bertz CT molecular complexity index is 421. The summed E-state index contributed by atoms with van der Waals surface area (Å²) in [5.74, 6) is -1.23. The van der Waals surface area contributed by atoms with E-state index in [-0.39, 0.29) is 16.3 Å². The van der Waals surface area contributed by atoms with E-state index in [4.69, 9.17) is 28.3 Å². The number of nitro benzene ring substituents is 1. The molecule has 0 radical (unpaired) electrons. The largest absolute Gasteiger partial charge is 0.480 e. The minimum Gasteiger partial charge on any atom is -0.480 e. The third-order valence-corrected chi connectivity index (χ3v) is 2.42. The van der Waals surface area contributed by atoms with Gasteiger partial charge in [-0.15, -0.1) is 11.6 Å². The zero-order chi connectivity index (χ0) is 11.6. The molecule has 1 atom stereocenters. The van der Waals surface area contributed by atoms with Gasteiger partial charge in [-0.05, 0) is 11.6 Å². The highest BCUT2D eigenvalue weighted by Gasteiger charge is 2.20. The quantitative estimate of drug-likeness (QED) is 0.507. The maximum atomic E-state index is 10.5. The molecular formula is C8H5Cl2NO4. The van der Waals surface area contributed by atoms with Crippen LogP contribution in [0.1, 0.15) is 10.9 Å². The molecule has 80 valence electrons. The summed E-state index contributed by atoms with van der Waals surface area (Å²) < 4.78 is 0. The zero-order valence-corrected chi connectivity index (χ0v) is 8.70. The van der Waals surface area contributed by atoms with Gasteiger partial charge < -0.3 is 5.11 Å². The Morgan fingerprint density at radius 2 is 2.13 bits per heavy atom. The van der Waals surface area contributed by atoms with Crippen LogP contribution in [0, 0.1) is 10.1 Å². The molecule has 1 unspecified atom stereocenters. The van der Waals surface area contributed by atoms with Gasteiger partial charge >= 0.3 is 5.97 Å². The Morgan fingerprint density at radius 1 is 1.53 bits per heavy atom. The van der Waals surface area contributed by atoms with Crippen molar-refractivity contribution in [1.82, 2.24) is 0 Å². The fourth-order valence-electron chi connectivity index (χ4n) is 0.971. The molecule has 0 saturated carbocycles. The smallest absolute Gasteiger partial charge is 0.326 e. The second-order valence-corrected chi connectivity index (χ2v) is 3.51. The summed E-state index contributed by atoms with van der Waals surface area (Å²) in [6.45, 7) is 0. The maximum absolute atomic E-state index is 10.5. The number of hydrogen-bond donors (Lipinski definition) is 1. The van der Waals surface area contributed by atoms with Crippen molar-refractivity contribution in [2.75, 3.05) is 0 Å². The molecule has 0 spiro atoms. The van der Waals surface area contributed by atoms with Crippen LogP contribution in [-0.2, 0) is 4.79 Å². The van der Waals surface area contributed by atoms with Crippen molar-refractivity contribution < 1.29 is 14.8 Å². The molecule has 0 aromatic heterocycles. The molecule has 1 rings (SSSR count). The Hall–Kier alpha value is -1.33. The Kier molecular flexibility index (Phi) is 3.49. The molecule has 1 aromatic rings. The first-order chi connectivity index (χ1) is 6.93. The fraction of sp³-hybridized carbons (Fsp3) is 0.125. The van der Waals surface area contributed by atoms with Gasteiger partial charge in [-0.3, -0.25) is 14.9 Å². The van der Waals surface area contributed by atoms with E-state index < -0.39 is 16.3 Å². The lowest BCUT2D eigenvalue weighted by molar-refractivity contribution is -0.384. The van der Waals surface area contributed by atoms with Gasteiger partial charge in [-0.2, -0.15) is 0 Å². The molecule has 0 aliphatic rings. The summed E-state index contributed by atoms with van der Waals surface area (Å²) in [6.07, 6.45) is 0. The van der Waals surface area contributed by atoms with E-state index in [1.165, 1.54) is 12.1 Å². The predicted octanol–water partition coefficient (Wildman–Crippen LogP) is 2.61. The van der Waals surface area contributed by atoms with Crippen molar-refractivity contribution in [3.63, 3.8) is 0 Å². The van der Waals surface area contributed by atoms with Crippen molar-refractivity contribution >= 4 is 34.9 Å². The topological polar surface area (TPSA) is 80.4 Å². The van der Waals surface area contributed by atoms with Crippen LogP contribution in [-0.4, -0.2) is 16.0 Å². The predicted molar refractivity (Wildman–Crippen MR) is 54.3 cm³/mol. The SMILES string of the molecule is O=C(O)C(Cl)c1ccc([N+](=O)[O-])c(Cl)c1. The summed E-state index contributed by atoms with van der Waals surface area (Å²) in [6, 6.07) is 3.55. The molecule has 15 heavy (non-hydrogen) atoms.